The Morgan fingerprint density at radius 2 is 2.05 bits per heavy atom. The third kappa shape index (κ3) is 3.22. The second-order valence-corrected chi connectivity index (χ2v) is 5.63. The van der Waals surface area contributed by atoms with Crippen LogP contribution in [0.5, 0.6) is 11.5 Å². The molecule has 1 aliphatic rings. The summed E-state index contributed by atoms with van der Waals surface area (Å²) in [6.45, 7) is 5.10. The van der Waals surface area contributed by atoms with E-state index in [1.807, 2.05) is 23.2 Å². The van der Waals surface area contributed by atoms with Crippen molar-refractivity contribution in [2.75, 3.05) is 20.8 Å². The summed E-state index contributed by atoms with van der Waals surface area (Å²) >= 11 is 5.42. The number of hydrogen-bond donors (Lipinski definition) is 2. The molecule has 21 heavy (non-hydrogen) atoms. The van der Waals surface area contributed by atoms with Crippen LogP contribution < -0.4 is 20.2 Å². The van der Waals surface area contributed by atoms with Gasteiger partial charge in [0.15, 0.2) is 5.11 Å². The van der Waals surface area contributed by atoms with E-state index in [2.05, 4.69) is 24.6 Å². The Labute approximate surface area is 131 Å². The van der Waals surface area contributed by atoms with Crippen LogP contribution >= 0.6 is 12.2 Å². The standard InChI is InChI=1S/C15H23N3O2S/c1-5-6-9-18-14(21)16-15(2,17-18)12-8-7-11(19-3)10-13(12)20-4/h7-8,10,17H,5-6,9H2,1-4H3,(H,16,21)/t15-/m1/s1. The molecule has 1 fully saturated rings. The fraction of sp³-hybridized carbons (Fsp3) is 0.533. The van der Waals surface area contributed by atoms with Crippen molar-refractivity contribution in [2.45, 2.75) is 32.4 Å². The molecule has 0 amide bonds. The zero-order valence-corrected chi connectivity index (χ0v) is 13.8. The second kappa shape index (κ2) is 6.49. The Morgan fingerprint density at radius 1 is 1.29 bits per heavy atom. The molecule has 2 N–H and O–H groups in total. The van der Waals surface area contributed by atoms with Crippen molar-refractivity contribution in [1.82, 2.24) is 15.8 Å². The molecule has 1 aliphatic heterocycles. The summed E-state index contributed by atoms with van der Waals surface area (Å²) in [5.74, 6) is 1.53. The highest BCUT2D eigenvalue weighted by Gasteiger charge is 2.39. The van der Waals surface area contributed by atoms with Gasteiger partial charge >= 0.3 is 0 Å². The van der Waals surface area contributed by atoms with Crippen LogP contribution in [0.1, 0.15) is 32.3 Å². The summed E-state index contributed by atoms with van der Waals surface area (Å²) in [6, 6.07) is 5.79. The summed E-state index contributed by atoms with van der Waals surface area (Å²) < 4.78 is 10.7. The third-order valence-corrected chi connectivity index (χ3v) is 3.97. The number of benzene rings is 1. The molecule has 1 saturated heterocycles. The van der Waals surface area contributed by atoms with Crippen LogP contribution in [0, 0.1) is 0 Å². The molecule has 1 atom stereocenters. The van der Waals surface area contributed by atoms with Crippen LogP contribution in [0.25, 0.3) is 0 Å². The summed E-state index contributed by atoms with van der Waals surface area (Å²) in [5.41, 5.74) is 3.95. The summed E-state index contributed by atoms with van der Waals surface area (Å²) in [6.07, 6.45) is 2.22. The highest BCUT2D eigenvalue weighted by atomic mass is 32.1. The van der Waals surface area contributed by atoms with Gasteiger partial charge in [-0.3, -0.25) is 5.01 Å². The third-order valence-electron chi connectivity index (χ3n) is 3.64. The Kier molecular flexibility index (Phi) is 4.90. The number of nitrogens with zero attached hydrogens (tertiary/aromatic N) is 1. The number of nitrogens with one attached hydrogen (secondary N) is 2. The van der Waals surface area contributed by atoms with E-state index in [-0.39, 0.29) is 0 Å². The van der Waals surface area contributed by atoms with Gasteiger partial charge in [0, 0.05) is 18.2 Å². The molecule has 0 aliphatic carbocycles. The average Bonchev–Trinajstić information content (AvgIpc) is 2.79. The predicted molar refractivity (Wildman–Crippen MR) is 87.4 cm³/mol. The van der Waals surface area contributed by atoms with Gasteiger partial charge in [0.1, 0.15) is 17.2 Å². The minimum absolute atomic E-state index is 0.484. The molecule has 1 aromatic carbocycles. The van der Waals surface area contributed by atoms with Gasteiger partial charge in [0.05, 0.1) is 14.2 Å². The highest BCUT2D eigenvalue weighted by Crippen LogP contribution is 2.33. The molecule has 6 heteroatoms. The predicted octanol–water partition coefficient (Wildman–Crippen LogP) is 2.37. The Morgan fingerprint density at radius 3 is 2.67 bits per heavy atom. The van der Waals surface area contributed by atoms with Gasteiger partial charge in [0.25, 0.3) is 0 Å². The van der Waals surface area contributed by atoms with Gasteiger partial charge in [-0.15, -0.1) is 0 Å². The lowest BCUT2D eigenvalue weighted by atomic mass is 10.0. The van der Waals surface area contributed by atoms with Crippen molar-refractivity contribution in [3.8, 4) is 11.5 Å². The molecule has 5 nitrogen and oxygen atoms in total. The Balaban J connectivity index is 2.26. The Bertz CT molecular complexity index is 524. The van der Waals surface area contributed by atoms with E-state index in [0.717, 1.165) is 36.4 Å². The number of hydrogen-bond acceptors (Lipinski definition) is 4. The van der Waals surface area contributed by atoms with Crippen molar-refractivity contribution < 1.29 is 9.47 Å². The van der Waals surface area contributed by atoms with E-state index in [9.17, 15) is 0 Å². The number of rotatable bonds is 6. The molecule has 1 aromatic rings. The second-order valence-electron chi connectivity index (χ2n) is 5.24. The quantitative estimate of drug-likeness (QED) is 0.787. The first-order chi connectivity index (χ1) is 10.0. The number of thiocarbonyl (C=S) groups is 1. The van der Waals surface area contributed by atoms with Crippen molar-refractivity contribution in [1.29, 1.82) is 0 Å². The maximum Gasteiger partial charge on any atom is 0.185 e. The minimum atomic E-state index is -0.484. The van der Waals surface area contributed by atoms with Crippen LogP contribution in [0.2, 0.25) is 0 Å². The fourth-order valence-corrected chi connectivity index (χ4v) is 2.78. The molecule has 0 saturated carbocycles. The van der Waals surface area contributed by atoms with Gasteiger partial charge < -0.3 is 14.8 Å². The molecule has 0 unspecified atom stereocenters. The van der Waals surface area contributed by atoms with Crippen LogP contribution in [-0.2, 0) is 5.66 Å². The first-order valence-corrected chi connectivity index (χ1v) is 7.55. The molecule has 1 heterocycles. The SMILES string of the molecule is CCCCN1N[C@](C)(c2ccc(OC)cc2OC)NC1=S. The smallest absolute Gasteiger partial charge is 0.185 e. The molecule has 0 bridgehead atoms. The van der Waals surface area contributed by atoms with Crippen molar-refractivity contribution in [3.05, 3.63) is 23.8 Å². The lowest BCUT2D eigenvalue weighted by Gasteiger charge is -2.27. The fourth-order valence-electron chi connectivity index (χ4n) is 2.44. The van der Waals surface area contributed by atoms with Crippen LogP contribution in [-0.4, -0.2) is 30.9 Å². The van der Waals surface area contributed by atoms with Gasteiger partial charge in [-0.1, -0.05) is 13.3 Å². The maximum absolute atomic E-state index is 5.50. The van der Waals surface area contributed by atoms with E-state index >= 15 is 0 Å². The molecular weight excluding hydrogens is 286 g/mol. The normalized spacial score (nSPS) is 21.3. The van der Waals surface area contributed by atoms with Crippen LogP contribution in [0.15, 0.2) is 18.2 Å². The lowest BCUT2D eigenvalue weighted by molar-refractivity contribution is 0.227. The van der Waals surface area contributed by atoms with Crippen LogP contribution in [0.3, 0.4) is 0 Å². The first kappa shape index (κ1) is 15.9. The van der Waals surface area contributed by atoms with E-state index < -0.39 is 5.66 Å². The van der Waals surface area contributed by atoms with Gasteiger partial charge in [0.2, 0.25) is 0 Å². The zero-order valence-electron chi connectivity index (χ0n) is 13.0. The van der Waals surface area contributed by atoms with Crippen molar-refractivity contribution in [2.24, 2.45) is 0 Å². The zero-order chi connectivity index (χ0) is 15.5. The van der Waals surface area contributed by atoms with Gasteiger partial charge in [-0.05, 0) is 37.7 Å². The molecular formula is C15H23N3O2S. The van der Waals surface area contributed by atoms with Gasteiger partial charge in [-0.25, -0.2) is 5.43 Å². The van der Waals surface area contributed by atoms with Gasteiger partial charge in [-0.2, -0.15) is 0 Å². The maximum atomic E-state index is 5.50. The number of unbranched alkanes of at least 4 members (excludes halogenated alkanes) is 1. The molecule has 0 radical (unpaired) electrons. The number of hydrazine groups is 1. The van der Waals surface area contributed by atoms with E-state index in [1.165, 1.54) is 0 Å². The van der Waals surface area contributed by atoms with E-state index in [0.29, 0.717) is 5.11 Å². The minimum Gasteiger partial charge on any atom is -0.497 e. The Hall–Kier alpha value is -1.53. The number of methoxy groups -OCH3 is 2. The highest BCUT2D eigenvalue weighted by molar-refractivity contribution is 7.80. The monoisotopic (exact) mass is 309 g/mol. The van der Waals surface area contributed by atoms with Crippen LogP contribution in [0.4, 0.5) is 0 Å². The topological polar surface area (TPSA) is 45.8 Å². The first-order valence-electron chi connectivity index (χ1n) is 7.14. The summed E-state index contributed by atoms with van der Waals surface area (Å²) in [4.78, 5) is 0. The largest absolute Gasteiger partial charge is 0.497 e. The van der Waals surface area contributed by atoms with Crippen molar-refractivity contribution >= 4 is 17.3 Å². The molecule has 116 valence electrons. The summed E-state index contributed by atoms with van der Waals surface area (Å²) in [5, 5.41) is 6.04. The average molecular weight is 309 g/mol. The van der Waals surface area contributed by atoms with E-state index in [1.54, 1.807) is 14.2 Å². The lowest BCUT2D eigenvalue weighted by Crippen LogP contribution is -2.46. The molecule has 0 spiro atoms. The molecule has 2 rings (SSSR count). The van der Waals surface area contributed by atoms with Crippen molar-refractivity contribution in [3.63, 3.8) is 0 Å². The number of ether oxygens (including phenoxy) is 2. The summed E-state index contributed by atoms with van der Waals surface area (Å²) in [7, 11) is 3.30. The molecule has 0 aromatic heterocycles. The van der Waals surface area contributed by atoms with E-state index in [4.69, 9.17) is 21.7 Å².